The number of hydrogen-bond donors (Lipinski definition) is 3. The van der Waals surface area contributed by atoms with Crippen molar-refractivity contribution in [1.29, 1.82) is 0 Å². The molecule has 11 heteroatoms. The normalized spacial score (nSPS) is 11.8. The van der Waals surface area contributed by atoms with Crippen molar-refractivity contribution in [2.75, 3.05) is 12.1 Å². The first-order chi connectivity index (χ1) is 14.5. The van der Waals surface area contributed by atoms with E-state index in [9.17, 15) is 14.4 Å². The van der Waals surface area contributed by atoms with Crippen LogP contribution in [0, 0.1) is 6.92 Å². The number of ether oxygens (including phenoxy) is 2. The molecule has 3 heterocycles. The Kier molecular flexibility index (Phi) is 5.35. The van der Waals surface area contributed by atoms with Crippen LogP contribution in [-0.4, -0.2) is 29.5 Å². The van der Waals surface area contributed by atoms with Gasteiger partial charge in [-0.2, -0.15) is 0 Å². The number of aromatic nitrogens is 1. The Labute approximate surface area is 174 Å². The molecule has 0 bridgehead atoms. The van der Waals surface area contributed by atoms with Crippen LogP contribution < -0.4 is 25.6 Å². The molecule has 0 unspecified atom stereocenters. The lowest BCUT2D eigenvalue weighted by Gasteiger charge is -2.07. The lowest BCUT2D eigenvalue weighted by molar-refractivity contribution is -0.121. The highest BCUT2D eigenvalue weighted by molar-refractivity contribution is 7.14. The zero-order valence-electron chi connectivity index (χ0n) is 15.7. The van der Waals surface area contributed by atoms with E-state index in [1.165, 1.54) is 23.7 Å². The summed E-state index contributed by atoms with van der Waals surface area (Å²) in [5.41, 5.74) is 5.84. The average molecular weight is 428 g/mol. The number of benzene rings is 1. The first-order valence-corrected chi connectivity index (χ1v) is 9.66. The molecule has 3 N–H and O–H groups in total. The highest BCUT2D eigenvalue weighted by Crippen LogP contribution is 2.32. The van der Waals surface area contributed by atoms with E-state index in [0.29, 0.717) is 39.2 Å². The van der Waals surface area contributed by atoms with E-state index >= 15 is 0 Å². The number of nitrogens with zero attached hydrogens (tertiary/aromatic N) is 1. The largest absolute Gasteiger partial charge is 0.469 e. The average Bonchev–Trinajstić information content (AvgIpc) is 3.46. The molecule has 1 aromatic carbocycles. The van der Waals surface area contributed by atoms with Crippen molar-refractivity contribution in [3.63, 3.8) is 0 Å². The lowest BCUT2D eigenvalue weighted by atomic mass is 10.2. The van der Waals surface area contributed by atoms with Crippen LogP contribution in [0.5, 0.6) is 11.5 Å². The molecule has 0 saturated carbocycles. The molecule has 1 aliphatic rings. The monoisotopic (exact) mass is 428 g/mol. The first kappa shape index (κ1) is 19.5. The van der Waals surface area contributed by atoms with Gasteiger partial charge in [0.2, 0.25) is 12.7 Å². The fourth-order valence-corrected chi connectivity index (χ4v) is 3.38. The van der Waals surface area contributed by atoms with Crippen molar-refractivity contribution in [1.82, 2.24) is 15.8 Å². The number of furan rings is 1. The second-order valence-corrected chi connectivity index (χ2v) is 7.09. The summed E-state index contributed by atoms with van der Waals surface area (Å²) in [6.45, 7) is 1.79. The second-order valence-electron chi connectivity index (χ2n) is 6.24. The molecule has 4 rings (SSSR count). The van der Waals surface area contributed by atoms with Crippen LogP contribution in [0.2, 0.25) is 0 Å². The highest BCUT2D eigenvalue weighted by Gasteiger charge is 2.17. The Morgan fingerprint density at radius 1 is 1.10 bits per heavy atom. The third kappa shape index (κ3) is 4.25. The van der Waals surface area contributed by atoms with Gasteiger partial charge in [0.15, 0.2) is 16.6 Å². The van der Waals surface area contributed by atoms with E-state index in [1.54, 1.807) is 30.5 Å². The van der Waals surface area contributed by atoms with Gasteiger partial charge in [0.1, 0.15) is 5.76 Å². The van der Waals surface area contributed by atoms with Gasteiger partial charge >= 0.3 is 0 Å². The van der Waals surface area contributed by atoms with Crippen LogP contribution in [0.1, 0.15) is 32.2 Å². The van der Waals surface area contributed by atoms with E-state index in [-0.39, 0.29) is 19.1 Å². The minimum absolute atomic E-state index is 0.0709. The number of nitrogens with one attached hydrogen (secondary N) is 3. The molecule has 0 fully saturated rings. The summed E-state index contributed by atoms with van der Waals surface area (Å²) >= 11 is 1.19. The van der Waals surface area contributed by atoms with E-state index in [0.717, 1.165) is 0 Å². The summed E-state index contributed by atoms with van der Waals surface area (Å²) in [4.78, 5) is 40.6. The first-order valence-electron chi connectivity index (χ1n) is 8.78. The number of thiazole rings is 1. The van der Waals surface area contributed by atoms with Gasteiger partial charge < -0.3 is 13.9 Å². The lowest BCUT2D eigenvalue weighted by Crippen LogP contribution is -2.42. The standard InChI is InChI=1S/C19H16N4O6S/c1-10-13(4-5-27-10)18(26)21-19-20-12(8-30-19)7-16(24)22-23-17(25)11-2-3-14-15(6-11)29-9-28-14/h2-6,8H,7,9H2,1H3,(H,22,24)(H,23,25)(H,20,21,26). The smallest absolute Gasteiger partial charge is 0.269 e. The summed E-state index contributed by atoms with van der Waals surface area (Å²) in [5, 5.41) is 4.66. The topological polar surface area (TPSA) is 132 Å². The van der Waals surface area contributed by atoms with Gasteiger partial charge in [0.25, 0.3) is 11.8 Å². The molecule has 0 spiro atoms. The van der Waals surface area contributed by atoms with Gasteiger partial charge in [0.05, 0.1) is 23.9 Å². The third-order valence-electron chi connectivity index (χ3n) is 4.17. The van der Waals surface area contributed by atoms with Crippen molar-refractivity contribution < 1.29 is 28.3 Å². The molecule has 3 aromatic rings. The van der Waals surface area contributed by atoms with Crippen molar-refractivity contribution in [3.05, 3.63) is 58.5 Å². The van der Waals surface area contributed by atoms with Crippen LogP contribution in [0.3, 0.4) is 0 Å². The molecule has 0 aliphatic carbocycles. The van der Waals surface area contributed by atoms with Gasteiger partial charge in [-0.1, -0.05) is 0 Å². The maximum atomic E-state index is 12.2. The molecular weight excluding hydrogens is 412 g/mol. The Bertz CT molecular complexity index is 1120. The fourth-order valence-electron chi connectivity index (χ4n) is 2.68. The SMILES string of the molecule is Cc1occc1C(=O)Nc1nc(CC(=O)NNC(=O)c2ccc3c(c2)OCO3)cs1. The van der Waals surface area contributed by atoms with Gasteiger partial charge in [-0.25, -0.2) is 4.98 Å². The van der Waals surface area contributed by atoms with Crippen molar-refractivity contribution in [2.45, 2.75) is 13.3 Å². The van der Waals surface area contributed by atoms with Crippen LogP contribution in [-0.2, 0) is 11.2 Å². The van der Waals surface area contributed by atoms with Crippen LogP contribution in [0.4, 0.5) is 5.13 Å². The molecule has 10 nitrogen and oxygen atoms in total. The van der Waals surface area contributed by atoms with Crippen LogP contribution in [0.25, 0.3) is 0 Å². The Morgan fingerprint density at radius 2 is 1.93 bits per heavy atom. The molecular formula is C19H16N4O6S. The summed E-state index contributed by atoms with van der Waals surface area (Å²) in [6.07, 6.45) is 1.36. The number of rotatable bonds is 5. The number of fused-ring (bicyclic) bond motifs is 1. The van der Waals surface area contributed by atoms with E-state index in [2.05, 4.69) is 21.2 Å². The summed E-state index contributed by atoms with van der Waals surface area (Å²) in [7, 11) is 0. The molecule has 0 radical (unpaired) electrons. The van der Waals surface area contributed by atoms with Gasteiger partial charge in [-0.3, -0.25) is 30.6 Å². The maximum absolute atomic E-state index is 12.2. The maximum Gasteiger partial charge on any atom is 0.269 e. The minimum atomic E-state index is -0.497. The summed E-state index contributed by atoms with van der Waals surface area (Å²) in [5.74, 6) is 0.229. The van der Waals surface area contributed by atoms with Crippen molar-refractivity contribution >= 4 is 34.2 Å². The summed E-state index contributed by atoms with van der Waals surface area (Å²) in [6, 6.07) is 6.28. The van der Waals surface area contributed by atoms with Gasteiger partial charge in [0, 0.05) is 10.9 Å². The predicted molar refractivity (Wildman–Crippen MR) is 105 cm³/mol. The van der Waals surface area contributed by atoms with E-state index in [1.807, 2.05) is 0 Å². The number of carbonyl (C=O) groups is 3. The van der Waals surface area contributed by atoms with Crippen LogP contribution in [0.15, 0.2) is 40.3 Å². The minimum Gasteiger partial charge on any atom is -0.469 e. The number of hydrogen-bond acceptors (Lipinski definition) is 8. The number of amides is 3. The van der Waals surface area contributed by atoms with Crippen molar-refractivity contribution in [3.8, 4) is 11.5 Å². The predicted octanol–water partition coefficient (Wildman–Crippen LogP) is 2.03. The van der Waals surface area contributed by atoms with E-state index < -0.39 is 11.8 Å². The van der Waals surface area contributed by atoms with Crippen molar-refractivity contribution in [2.24, 2.45) is 0 Å². The third-order valence-corrected chi connectivity index (χ3v) is 4.97. The zero-order valence-corrected chi connectivity index (χ0v) is 16.5. The number of hydrazine groups is 1. The molecule has 2 aromatic heterocycles. The van der Waals surface area contributed by atoms with E-state index in [4.69, 9.17) is 13.9 Å². The molecule has 1 aliphatic heterocycles. The number of carbonyl (C=O) groups excluding carboxylic acids is 3. The zero-order chi connectivity index (χ0) is 21.1. The molecule has 0 saturated heterocycles. The molecule has 0 atom stereocenters. The molecule has 3 amide bonds. The van der Waals surface area contributed by atoms with Gasteiger partial charge in [-0.05, 0) is 31.2 Å². The molecule has 30 heavy (non-hydrogen) atoms. The number of aryl methyl sites for hydroxylation is 1. The highest BCUT2D eigenvalue weighted by atomic mass is 32.1. The fraction of sp³-hybridized carbons (Fsp3) is 0.158. The Morgan fingerprint density at radius 3 is 2.73 bits per heavy atom. The van der Waals surface area contributed by atoms with Gasteiger partial charge in [-0.15, -0.1) is 11.3 Å². The summed E-state index contributed by atoms with van der Waals surface area (Å²) < 4.78 is 15.5. The Balaban J connectivity index is 1.28. The number of anilines is 1. The molecule has 154 valence electrons. The Hall–Kier alpha value is -3.86. The second kappa shape index (κ2) is 8.25. The quantitative estimate of drug-likeness (QED) is 0.530. The van der Waals surface area contributed by atoms with Crippen LogP contribution >= 0.6 is 11.3 Å².